The first-order valence-corrected chi connectivity index (χ1v) is 8.21. The van der Waals surface area contributed by atoms with Crippen molar-refractivity contribution in [2.75, 3.05) is 0 Å². The van der Waals surface area contributed by atoms with Crippen molar-refractivity contribution < 1.29 is 4.52 Å². The van der Waals surface area contributed by atoms with Crippen molar-refractivity contribution in [1.29, 1.82) is 0 Å². The fraction of sp³-hybridized carbons (Fsp3) is 0.105. The summed E-state index contributed by atoms with van der Waals surface area (Å²) in [6.07, 6.45) is 0. The average molecular weight is 351 g/mol. The monoisotopic (exact) mass is 350 g/mol. The Hall–Kier alpha value is -2.92. The van der Waals surface area contributed by atoms with Gasteiger partial charge in [0.25, 0.3) is 5.89 Å². The van der Waals surface area contributed by atoms with E-state index in [0.717, 1.165) is 22.4 Å². The van der Waals surface area contributed by atoms with Crippen molar-refractivity contribution in [3.05, 3.63) is 64.7 Å². The lowest BCUT2D eigenvalue weighted by atomic mass is 10.0. The highest BCUT2D eigenvalue weighted by Gasteiger charge is 2.14. The van der Waals surface area contributed by atoms with E-state index in [0.29, 0.717) is 22.4 Å². The second kappa shape index (κ2) is 6.18. The fourth-order valence-corrected chi connectivity index (χ4v) is 2.76. The van der Waals surface area contributed by atoms with Crippen molar-refractivity contribution in [3.63, 3.8) is 0 Å². The second-order valence-corrected chi connectivity index (χ2v) is 6.35. The molecule has 0 aliphatic rings. The molecule has 0 saturated heterocycles. The summed E-state index contributed by atoms with van der Waals surface area (Å²) in [6, 6.07) is 15.5. The van der Waals surface area contributed by atoms with Crippen LogP contribution in [-0.4, -0.2) is 20.3 Å². The molecule has 0 atom stereocenters. The van der Waals surface area contributed by atoms with Crippen LogP contribution in [0.3, 0.4) is 0 Å². The van der Waals surface area contributed by atoms with Crippen LogP contribution in [0.1, 0.15) is 11.1 Å². The summed E-state index contributed by atoms with van der Waals surface area (Å²) in [5.74, 6) is 0.906. The smallest absolute Gasteiger partial charge is 0.276 e. The van der Waals surface area contributed by atoms with Gasteiger partial charge in [-0.15, -0.1) is 0 Å². The van der Waals surface area contributed by atoms with Crippen molar-refractivity contribution in [1.82, 2.24) is 20.3 Å². The highest BCUT2D eigenvalue weighted by molar-refractivity contribution is 6.30. The van der Waals surface area contributed by atoms with E-state index in [-0.39, 0.29) is 0 Å². The van der Waals surface area contributed by atoms with Crippen LogP contribution in [0.4, 0.5) is 0 Å². The number of H-pyrrole nitrogens is 1. The molecule has 2 heterocycles. The Morgan fingerprint density at radius 1 is 1.00 bits per heavy atom. The molecule has 0 aliphatic carbocycles. The molecule has 0 bridgehead atoms. The Balaban J connectivity index is 1.67. The minimum Gasteiger partial charge on any atom is -0.332 e. The van der Waals surface area contributed by atoms with Gasteiger partial charge in [0, 0.05) is 16.1 Å². The summed E-state index contributed by atoms with van der Waals surface area (Å²) in [4.78, 5) is 4.44. The van der Waals surface area contributed by atoms with Crippen molar-refractivity contribution in [3.8, 4) is 34.2 Å². The van der Waals surface area contributed by atoms with E-state index in [1.807, 2.05) is 18.2 Å². The van der Waals surface area contributed by atoms with Gasteiger partial charge in [-0.25, -0.2) is 0 Å². The van der Waals surface area contributed by atoms with Gasteiger partial charge in [-0.3, -0.25) is 5.10 Å². The molecule has 2 aromatic carbocycles. The Morgan fingerprint density at radius 2 is 1.80 bits per heavy atom. The third-order valence-corrected chi connectivity index (χ3v) is 4.26. The number of benzene rings is 2. The Bertz CT molecular complexity index is 1030. The summed E-state index contributed by atoms with van der Waals surface area (Å²) in [6.45, 7) is 4.13. The zero-order valence-electron chi connectivity index (χ0n) is 13.7. The number of aromatic nitrogens is 4. The highest BCUT2D eigenvalue weighted by Crippen LogP contribution is 2.27. The molecular formula is C19H15ClN4O. The normalized spacial score (nSPS) is 11.0. The van der Waals surface area contributed by atoms with Crippen LogP contribution in [0.25, 0.3) is 34.2 Å². The van der Waals surface area contributed by atoms with E-state index < -0.39 is 0 Å². The third-order valence-electron chi connectivity index (χ3n) is 4.01. The summed E-state index contributed by atoms with van der Waals surface area (Å²) < 4.78 is 5.37. The van der Waals surface area contributed by atoms with Crippen LogP contribution in [0.15, 0.2) is 53.1 Å². The second-order valence-electron chi connectivity index (χ2n) is 5.92. The van der Waals surface area contributed by atoms with Crippen molar-refractivity contribution >= 4 is 11.6 Å². The number of hydrogen-bond acceptors (Lipinski definition) is 4. The van der Waals surface area contributed by atoms with E-state index in [1.54, 1.807) is 12.1 Å². The van der Waals surface area contributed by atoms with Gasteiger partial charge in [0.2, 0.25) is 5.82 Å². The molecule has 6 heteroatoms. The lowest BCUT2D eigenvalue weighted by Crippen LogP contribution is -1.84. The summed E-state index contributed by atoms with van der Waals surface area (Å²) in [5, 5.41) is 12.1. The lowest BCUT2D eigenvalue weighted by molar-refractivity contribution is 0.431. The van der Waals surface area contributed by atoms with Crippen LogP contribution >= 0.6 is 11.6 Å². The highest BCUT2D eigenvalue weighted by atomic mass is 35.5. The molecule has 0 aliphatic heterocycles. The number of halogens is 1. The van der Waals surface area contributed by atoms with Gasteiger partial charge in [0.15, 0.2) is 0 Å². The molecule has 0 spiro atoms. The van der Waals surface area contributed by atoms with E-state index >= 15 is 0 Å². The van der Waals surface area contributed by atoms with Gasteiger partial charge in [-0.05, 0) is 55.8 Å². The molecule has 0 radical (unpaired) electrons. The number of nitrogens with one attached hydrogen (secondary N) is 1. The quantitative estimate of drug-likeness (QED) is 0.560. The van der Waals surface area contributed by atoms with Crippen LogP contribution < -0.4 is 0 Å². The molecule has 1 N–H and O–H groups in total. The number of aromatic amines is 1. The van der Waals surface area contributed by atoms with Gasteiger partial charge >= 0.3 is 0 Å². The van der Waals surface area contributed by atoms with Gasteiger partial charge in [0.05, 0.1) is 5.69 Å². The first-order valence-electron chi connectivity index (χ1n) is 7.83. The third kappa shape index (κ3) is 3.06. The van der Waals surface area contributed by atoms with Crippen LogP contribution in [0.2, 0.25) is 5.02 Å². The van der Waals surface area contributed by atoms with Crippen LogP contribution in [0.5, 0.6) is 0 Å². The minimum absolute atomic E-state index is 0.397. The molecule has 124 valence electrons. The van der Waals surface area contributed by atoms with Gasteiger partial charge in [-0.1, -0.05) is 34.5 Å². The summed E-state index contributed by atoms with van der Waals surface area (Å²) in [7, 11) is 0. The fourth-order valence-electron chi connectivity index (χ4n) is 2.63. The molecule has 4 aromatic rings. The lowest BCUT2D eigenvalue weighted by Gasteiger charge is -2.02. The maximum absolute atomic E-state index is 5.91. The predicted octanol–water partition coefficient (Wildman–Crippen LogP) is 5.06. The number of aryl methyl sites for hydroxylation is 2. The maximum atomic E-state index is 5.91. The maximum Gasteiger partial charge on any atom is 0.276 e. The van der Waals surface area contributed by atoms with Crippen molar-refractivity contribution in [2.45, 2.75) is 13.8 Å². The number of nitrogens with zero attached hydrogens (tertiary/aromatic N) is 3. The largest absolute Gasteiger partial charge is 0.332 e. The predicted molar refractivity (Wildman–Crippen MR) is 97.2 cm³/mol. The SMILES string of the molecule is Cc1ccc(C)c(-c2cc(-c3nc(-c4ccc(Cl)cc4)no3)[nH]n2)c1. The average Bonchev–Trinajstić information content (AvgIpc) is 3.27. The molecule has 0 unspecified atom stereocenters. The summed E-state index contributed by atoms with van der Waals surface area (Å²) >= 11 is 5.91. The Kier molecular flexibility index (Phi) is 3.86. The van der Waals surface area contributed by atoms with Crippen LogP contribution in [0, 0.1) is 13.8 Å². The van der Waals surface area contributed by atoms with Gasteiger partial charge in [0.1, 0.15) is 5.69 Å². The first kappa shape index (κ1) is 15.6. The van der Waals surface area contributed by atoms with Gasteiger partial charge in [-0.2, -0.15) is 10.1 Å². The molecule has 2 aromatic heterocycles. The Morgan fingerprint density at radius 3 is 2.60 bits per heavy atom. The number of hydrogen-bond donors (Lipinski definition) is 1. The molecule has 0 amide bonds. The molecule has 25 heavy (non-hydrogen) atoms. The van der Waals surface area contributed by atoms with Crippen LogP contribution in [-0.2, 0) is 0 Å². The first-order chi connectivity index (χ1) is 12.1. The minimum atomic E-state index is 0.397. The van der Waals surface area contributed by atoms with E-state index in [9.17, 15) is 0 Å². The summed E-state index contributed by atoms with van der Waals surface area (Å²) in [5.41, 5.74) is 5.81. The standard InChI is InChI=1S/C19H15ClN4O/c1-11-3-4-12(2)15(9-11)16-10-17(23-22-16)19-21-18(24-25-19)13-5-7-14(20)8-6-13/h3-10H,1-2H3,(H,22,23). The molecule has 5 nitrogen and oxygen atoms in total. The van der Waals surface area contributed by atoms with E-state index in [2.05, 4.69) is 52.4 Å². The van der Waals surface area contributed by atoms with E-state index in [4.69, 9.17) is 16.1 Å². The topological polar surface area (TPSA) is 67.6 Å². The zero-order valence-corrected chi connectivity index (χ0v) is 14.5. The van der Waals surface area contributed by atoms with Crippen molar-refractivity contribution in [2.24, 2.45) is 0 Å². The molecule has 4 rings (SSSR count). The van der Waals surface area contributed by atoms with Gasteiger partial charge < -0.3 is 4.52 Å². The molecule has 0 saturated carbocycles. The zero-order chi connectivity index (χ0) is 17.4. The number of rotatable bonds is 3. The van der Waals surface area contributed by atoms with E-state index in [1.165, 1.54) is 5.56 Å². The molecular weight excluding hydrogens is 336 g/mol. The molecule has 0 fully saturated rings. The Labute approximate surface area is 149 Å².